The molecular formula is C17H19NO4S. The van der Waals surface area contributed by atoms with Gasteiger partial charge in [-0.2, -0.15) is 0 Å². The summed E-state index contributed by atoms with van der Waals surface area (Å²) in [5.41, 5.74) is 0.863. The van der Waals surface area contributed by atoms with Gasteiger partial charge in [0.25, 0.3) is 10.0 Å². The lowest BCUT2D eigenvalue weighted by atomic mass is 9.97. The summed E-state index contributed by atoms with van der Waals surface area (Å²) in [7, 11) is -2.27. The fraction of sp³-hybridized carbons (Fsp3) is 0.235. The zero-order valence-electron chi connectivity index (χ0n) is 13.0. The number of carbonyl (C=O) groups is 1. The Hall–Kier alpha value is -2.34. The monoisotopic (exact) mass is 333 g/mol. The van der Waals surface area contributed by atoms with Crippen LogP contribution in [0.2, 0.25) is 0 Å². The van der Waals surface area contributed by atoms with Gasteiger partial charge in [0.05, 0.1) is 12.0 Å². The Balaban J connectivity index is 2.08. The number of hydrogen-bond donors (Lipinski definition) is 1. The zero-order chi connectivity index (χ0) is 16.9. The molecule has 0 radical (unpaired) electrons. The third-order valence-corrected chi connectivity index (χ3v) is 4.85. The molecule has 0 fully saturated rings. The van der Waals surface area contributed by atoms with Crippen LogP contribution in [0.3, 0.4) is 0 Å². The Kier molecular flexibility index (Phi) is 5.39. The number of methoxy groups -OCH3 is 1. The Morgan fingerprint density at radius 3 is 2.35 bits per heavy atom. The van der Waals surface area contributed by atoms with Crippen LogP contribution in [-0.2, 0) is 14.8 Å². The summed E-state index contributed by atoms with van der Waals surface area (Å²) in [6.45, 7) is 1.85. The van der Waals surface area contributed by atoms with Crippen molar-refractivity contribution in [2.24, 2.45) is 0 Å². The topological polar surface area (TPSA) is 72.5 Å². The van der Waals surface area contributed by atoms with Gasteiger partial charge in [-0.15, -0.1) is 0 Å². The van der Waals surface area contributed by atoms with Crippen LogP contribution in [0, 0.1) is 0 Å². The molecule has 0 saturated carbocycles. The predicted octanol–water partition coefficient (Wildman–Crippen LogP) is 2.69. The van der Waals surface area contributed by atoms with E-state index in [-0.39, 0.29) is 17.2 Å². The van der Waals surface area contributed by atoms with Gasteiger partial charge in [-0.05, 0) is 29.7 Å². The number of rotatable bonds is 6. The number of benzene rings is 2. The molecule has 0 aliphatic carbocycles. The van der Waals surface area contributed by atoms with Crippen molar-refractivity contribution < 1.29 is 17.9 Å². The summed E-state index contributed by atoms with van der Waals surface area (Å²) in [6, 6.07) is 15.2. The van der Waals surface area contributed by atoms with Gasteiger partial charge < -0.3 is 4.74 Å². The maximum absolute atomic E-state index is 12.1. The maximum atomic E-state index is 12.1. The highest BCUT2D eigenvalue weighted by atomic mass is 32.2. The summed E-state index contributed by atoms with van der Waals surface area (Å²) in [5.74, 6) is -0.0388. The predicted molar refractivity (Wildman–Crippen MR) is 87.8 cm³/mol. The maximum Gasteiger partial charge on any atom is 0.264 e. The van der Waals surface area contributed by atoms with Crippen molar-refractivity contribution >= 4 is 15.9 Å². The van der Waals surface area contributed by atoms with E-state index in [0.717, 1.165) is 5.56 Å². The fourth-order valence-electron chi connectivity index (χ4n) is 2.31. The first kappa shape index (κ1) is 17.0. The minimum atomic E-state index is -3.83. The van der Waals surface area contributed by atoms with Gasteiger partial charge in [-0.1, -0.05) is 43.3 Å². The van der Waals surface area contributed by atoms with E-state index in [1.165, 1.54) is 12.1 Å². The third-order valence-electron chi connectivity index (χ3n) is 3.46. The van der Waals surface area contributed by atoms with E-state index in [9.17, 15) is 13.2 Å². The third kappa shape index (κ3) is 4.32. The molecule has 0 heterocycles. The molecule has 23 heavy (non-hydrogen) atoms. The Morgan fingerprint density at radius 1 is 1.09 bits per heavy atom. The van der Waals surface area contributed by atoms with E-state index in [4.69, 9.17) is 4.74 Å². The molecule has 1 amide bonds. The van der Waals surface area contributed by atoms with Crippen LogP contribution < -0.4 is 9.46 Å². The molecule has 0 aromatic heterocycles. The van der Waals surface area contributed by atoms with Crippen molar-refractivity contribution in [3.8, 4) is 5.75 Å². The highest BCUT2D eigenvalue weighted by Crippen LogP contribution is 2.28. The van der Waals surface area contributed by atoms with E-state index >= 15 is 0 Å². The van der Waals surface area contributed by atoms with Crippen LogP contribution in [-0.4, -0.2) is 21.4 Å². The van der Waals surface area contributed by atoms with Crippen molar-refractivity contribution in [2.45, 2.75) is 24.2 Å². The first-order valence-corrected chi connectivity index (χ1v) is 8.66. The van der Waals surface area contributed by atoms with Crippen molar-refractivity contribution in [1.29, 1.82) is 0 Å². The van der Waals surface area contributed by atoms with Crippen LogP contribution in [0.1, 0.15) is 24.8 Å². The van der Waals surface area contributed by atoms with Crippen molar-refractivity contribution in [3.63, 3.8) is 0 Å². The molecule has 6 heteroatoms. The molecule has 1 atom stereocenters. The lowest BCUT2D eigenvalue weighted by Crippen LogP contribution is -2.31. The molecule has 5 nitrogen and oxygen atoms in total. The van der Waals surface area contributed by atoms with Crippen molar-refractivity contribution in [1.82, 2.24) is 4.72 Å². The molecule has 122 valence electrons. The summed E-state index contributed by atoms with van der Waals surface area (Å²) >= 11 is 0. The van der Waals surface area contributed by atoms with Gasteiger partial charge in [0.2, 0.25) is 5.91 Å². The molecule has 2 aromatic rings. The minimum absolute atomic E-state index is 0.0481. The lowest BCUT2D eigenvalue weighted by Gasteiger charge is -2.15. The van der Waals surface area contributed by atoms with Gasteiger partial charge in [-0.3, -0.25) is 4.79 Å². The van der Waals surface area contributed by atoms with Crippen LogP contribution in [0.25, 0.3) is 0 Å². The normalized spacial score (nSPS) is 12.4. The number of para-hydroxylation sites is 1. The van der Waals surface area contributed by atoms with Crippen molar-refractivity contribution in [2.75, 3.05) is 7.11 Å². The Morgan fingerprint density at radius 2 is 1.70 bits per heavy atom. The van der Waals surface area contributed by atoms with E-state index in [1.54, 1.807) is 25.3 Å². The molecule has 0 bridgehead atoms. The summed E-state index contributed by atoms with van der Waals surface area (Å²) in [4.78, 5) is 12.2. The quantitative estimate of drug-likeness (QED) is 0.882. The van der Waals surface area contributed by atoms with E-state index in [1.807, 2.05) is 31.2 Å². The molecule has 0 aliphatic rings. The van der Waals surface area contributed by atoms with Gasteiger partial charge in [0.1, 0.15) is 5.75 Å². The second kappa shape index (κ2) is 7.28. The van der Waals surface area contributed by atoms with Crippen LogP contribution >= 0.6 is 0 Å². The highest BCUT2D eigenvalue weighted by molar-refractivity contribution is 7.90. The lowest BCUT2D eigenvalue weighted by molar-refractivity contribution is -0.119. The number of sulfonamides is 1. The molecule has 0 saturated heterocycles. The minimum Gasteiger partial charge on any atom is -0.496 e. The fourth-order valence-corrected chi connectivity index (χ4v) is 3.33. The van der Waals surface area contributed by atoms with Gasteiger partial charge in [0, 0.05) is 6.42 Å². The largest absolute Gasteiger partial charge is 0.496 e. The van der Waals surface area contributed by atoms with Gasteiger partial charge >= 0.3 is 0 Å². The van der Waals surface area contributed by atoms with E-state index in [2.05, 4.69) is 4.72 Å². The molecule has 0 unspecified atom stereocenters. The number of hydrogen-bond acceptors (Lipinski definition) is 4. The Bertz CT molecular complexity index is 772. The molecule has 1 N–H and O–H groups in total. The smallest absolute Gasteiger partial charge is 0.264 e. The van der Waals surface area contributed by atoms with Crippen molar-refractivity contribution in [3.05, 3.63) is 60.2 Å². The van der Waals surface area contributed by atoms with Gasteiger partial charge in [-0.25, -0.2) is 13.1 Å². The number of carbonyl (C=O) groups excluding carboxylic acids is 1. The van der Waals surface area contributed by atoms with Crippen LogP contribution in [0.4, 0.5) is 0 Å². The number of ether oxygens (including phenoxy) is 1. The standard InChI is InChI=1S/C17H19NO4S/c1-13(15-10-6-7-11-16(15)22-2)12-17(19)18-23(20,21)14-8-4-3-5-9-14/h3-11,13H,12H2,1-2H3,(H,18,19)/t13-/m0/s1. The van der Waals surface area contributed by atoms with E-state index in [0.29, 0.717) is 5.75 Å². The molecule has 0 aliphatic heterocycles. The molecule has 2 aromatic carbocycles. The summed E-state index contributed by atoms with van der Waals surface area (Å²) in [5, 5.41) is 0. The Labute approximate surface area is 136 Å². The number of amides is 1. The second-order valence-electron chi connectivity index (χ2n) is 5.19. The second-order valence-corrected chi connectivity index (χ2v) is 6.87. The zero-order valence-corrected chi connectivity index (χ0v) is 13.8. The average Bonchev–Trinajstić information content (AvgIpc) is 2.55. The first-order chi connectivity index (χ1) is 10.9. The molecule has 2 rings (SSSR count). The SMILES string of the molecule is COc1ccccc1[C@@H](C)CC(=O)NS(=O)(=O)c1ccccc1. The average molecular weight is 333 g/mol. The molecular weight excluding hydrogens is 314 g/mol. The van der Waals surface area contributed by atoms with Crippen LogP contribution in [0.5, 0.6) is 5.75 Å². The molecule has 0 spiro atoms. The first-order valence-electron chi connectivity index (χ1n) is 7.17. The van der Waals surface area contributed by atoms with Gasteiger partial charge in [0.15, 0.2) is 0 Å². The summed E-state index contributed by atoms with van der Waals surface area (Å²) in [6.07, 6.45) is 0.0481. The highest BCUT2D eigenvalue weighted by Gasteiger charge is 2.20. The summed E-state index contributed by atoms with van der Waals surface area (Å²) < 4.78 is 31.6. The van der Waals surface area contributed by atoms with E-state index < -0.39 is 15.9 Å². The van der Waals surface area contributed by atoms with Crippen LogP contribution in [0.15, 0.2) is 59.5 Å². The number of nitrogens with one attached hydrogen (secondary N) is 1.